The molecule has 2 aromatic rings. The Hall–Kier alpha value is -2.22. The van der Waals surface area contributed by atoms with Gasteiger partial charge in [-0.1, -0.05) is 17.2 Å². The predicted octanol–water partition coefficient (Wildman–Crippen LogP) is 2.36. The summed E-state index contributed by atoms with van der Waals surface area (Å²) >= 11 is 0. The molecule has 0 radical (unpaired) electrons. The van der Waals surface area contributed by atoms with Crippen molar-refractivity contribution in [2.45, 2.75) is 59.0 Å². The SMILES string of the molecule is CCc1onc(C)c1C(=O)N1CCCC(N(C)Cc2noc(C)n2)CC1. The smallest absolute Gasteiger partial charge is 0.259 e. The summed E-state index contributed by atoms with van der Waals surface area (Å²) in [4.78, 5) is 21.4. The molecule has 0 aliphatic carbocycles. The molecule has 0 aromatic carbocycles. The van der Waals surface area contributed by atoms with Gasteiger partial charge in [0.1, 0.15) is 11.3 Å². The monoisotopic (exact) mass is 361 g/mol. The van der Waals surface area contributed by atoms with Gasteiger partial charge in [-0.25, -0.2) is 0 Å². The molecule has 8 heteroatoms. The molecule has 0 N–H and O–H groups in total. The van der Waals surface area contributed by atoms with E-state index in [1.165, 1.54) is 0 Å². The zero-order chi connectivity index (χ0) is 18.7. The van der Waals surface area contributed by atoms with E-state index in [2.05, 4.69) is 27.2 Å². The van der Waals surface area contributed by atoms with Crippen LogP contribution in [0.5, 0.6) is 0 Å². The molecule has 0 bridgehead atoms. The first-order valence-electron chi connectivity index (χ1n) is 9.23. The molecule has 26 heavy (non-hydrogen) atoms. The van der Waals surface area contributed by atoms with Crippen LogP contribution in [0.15, 0.2) is 9.05 Å². The predicted molar refractivity (Wildman–Crippen MR) is 94.7 cm³/mol. The quantitative estimate of drug-likeness (QED) is 0.807. The van der Waals surface area contributed by atoms with Crippen LogP contribution in [0.3, 0.4) is 0 Å². The molecule has 1 aliphatic heterocycles. The molecule has 2 aromatic heterocycles. The lowest BCUT2D eigenvalue weighted by Crippen LogP contribution is -2.35. The van der Waals surface area contributed by atoms with Gasteiger partial charge in [0.05, 0.1) is 12.2 Å². The molecule has 3 rings (SSSR count). The van der Waals surface area contributed by atoms with Gasteiger partial charge in [-0.05, 0) is 33.2 Å². The number of likely N-dealkylation sites (tertiary alicyclic amines) is 1. The molecule has 1 saturated heterocycles. The fourth-order valence-corrected chi connectivity index (χ4v) is 3.57. The third-order valence-corrected chi connectivity index (χ3v) is 5.04. The van der Waals surface area contributed by atoms with Gasteiger partial charge in [-0.2, -0.15) is 4.98 Å². The zero-order valence-electron chi connectivity index (χ0n) is 16.0. The second-order valence-corrected chi connectivity index (χ2v) is 6.94. The normalized spacial score (nSPS) is 18.3. The molecule has 142 valence electrons. The number of hydrogen-bond donors (Lipinski definition) is 0. The van der Waals surface area contributed by atoms with E-state index in [1.54, 1.807) is 6.92 Å². The molecular weight excluding hydrogens is 334 g/mol. The van der Waals surface area contributed by atoms with Crippen molar-refractivity contribution in [3.63, 3.8) is 0 Å². The van der Waals surface area contributed by atoms with Gasteiger partial charge in [-0.15, -0.1) is 0 Å². The summed E-state index contributed by atoms with van der Waals surface area (Å²) in [5, 5.41) is 7.94. The van der Waals surface area contributed by atoms with Crippen molar-refractivity contribution in [2.24, 2.45) is 0 Å². The summed E-state index contributed by atoms with van der Waals surface area (Å²) < 4.78 is 10.3. The van der Waals surface area contributed by atoms with Crippen LogP contribution >= 0.6 is 0 Å². The number of carbonyl (C=O) groups is 1. The van der Waals surface area contributed by atoms with Crippen LogP contribution in [-0.2, 0) is 13.0 Å². The molecule has 0 spiro atoms. The summed E-state index contributed by atoms with van der Waals surface area (Å²) in [7, 11) is 2.08. The maximum atomic E-state index is 13.0. The second kappa shape index (κ2) is 7.99. The summed E-state index contributed by atoms with van der Waals surface area (Å²) in [6.07, 6.45) is 3.61. The summed E-state index contributed by atoms with van der Waals surface area (Å²) in [5.74, 6) is 2.01. The van der Waals surface area contributed by atoms with E-state index in [0.717, 1.165) is 32.4 Å². The van der Waals surface area contributed by atoms with Gasteiger partial charge in [0.25, 0.3) is 5.91 Å². The van der Waals surface area contributed by atoms with Crippen molar-refractivity contribution in [3.8, 4) is 0 Å². The molecular formula is C18H27N5O3. The standard InChI is InChI=1S/C18H27N5O3/c1-5-15-17(12(2)20-26-15)18(24)23-9-6-7-14(8-10-23)22(4)11-16-19-13(3)25-21-16/h14H,5-11H2,1-4H3. The Bertz CT molecular complexity index is 754. The molecule has 1 unspecified atom stereocenters. The van der Waals surface area contributed by atoms with Crippen molar-refractivity contribution < 1.29 is 13.8 Å². The van der Waals surface area contributed by atoms with Crippen LogP contribution in [0, 0.1) is 13.8 Å². The number of aromatic nitrogens is 3. The number of hydrogen-bond acceptors (Lipinski definition) is 7. The van der Waals surface area contributed by atoms with Crippen LogP contribution in [0.1, 0.15) is 59.7 Å². The van der Waals surface area contributed by atoms with E-state index >= 15 is 0 Å². The van der Waals surface area contributed by atoms with E-state index in [1.807, 2.05) is 18.7 Å². The Balaban J connectivity index is 1.62. The molecule has 1 aliphatic rings. The van der Waals surface area contributed by atoms with Gasteiger partial charge in [0.2, 0.25) is 5.89 Å². The van der Waals surface area contributed by atoms with Crippen LogP contribution < -0.4 is 0 Å². The fraction of sp³-hybridized carbons (Fsp3) is 0.667. The average Bonchev–Trinajstić information content (AvgIpc) is 3.09. The average molecular weight is 361 g/mol. The van der Waals surface area contributed by atoms with Crippen molar-refractivity contribution in [2.75, 3.05) is 20.1 Å². The Morgan fingerprint density at radius 2 is 2.04 bits per heavy atom. The highest BCUT2D eigenvalue weighted by Gasteiger charge is 2.28. The third-order valence-electron chi connectivity index (χ3n) is 5.04. The minimum atomic E-state index is 0.0395. The number of aryl methyl sites for hydroxylation is 3. The lowest BCUT2D eigenvalue weighted by atomic mass is 10.1. The first kappa shape index (κ1) is 18.6. The van der Waals surface area contributed by atoms with Crippen molar-refractivity contribution >= 4 is 5.91 Å². The van der Waals surface area contributed by atoms with E-state index in [9.17, 15) is 4.79 Å². The topological polar surface area (TPSA) is 88.5 Å². The first-order valence-corrected chi connectivity index (χ1v) is 9.23. The summed E-state index contributed by atoms with van der Waals surface area (Å²) in [5.41, 5.74) is 1.32. The van der Waals surface area contributed by atoms with Gasteiger partial charge < -0.3 is 13.9 Å². The third kappa shape index (κ3) is 3.95. The second-order valence-electron chi connectivity index (χ2n) is 6.94. The number of amides is 1. The van der Waals surface area contributed by atoms with E-state index in [0.29, 0.717) is 47.7 Å². The summed E-state index contributed by atoms with van der Waals surface area (Å²) in [6, 6.07) is 0.390. The number of nitrogens with zero attached hydrogens (tertiary/aromatic N) is 5. The Labute approximate surface area is 153 Å². The van der Waals surface area contributed by atoms with Crippen LogP contribution in [0.4, 0.5) is 0 Å². The molecule has 8 nitrogen and oxygen atoms in total. The molecule has 1 amide bonds. The van der Waals surface area contributed by atoms with Gasteiger partial charge in [-0.3, -0.25) is 9.69 Å². The number of rotatable bonds is 5. The maximum Gasteiger partial charge on any atom is 0.259 e. The Kier molecular flexibility index (Phi) is 5.70. The zero-order valence-corrected chi connectivity index (χ0v) is 16.0. The van der Waals surface area contributed by atoms with Crippen LogP contribution in [-0.4, -0.2) is 57.2 Å². The lowest BCUT2D eigenvalue weighted by Gasteiger charge is -2.26. The van der Waals surface area contributed by atoms with Crippen molar-refractivity contribution in [3.05, 3.63) is 28.7 Å². The van der Waals surface area contributed by atoms with E-state index in [-0.39, 0.29) is 5.91 Å². The first-order chi connectivity index (χ1) is 12.5. The fourth-order valence-electron chi connectivity index (χ4n) is 3.57. The van der Waals surface area contributed by atoms with Crippen molar-refractivity contribution in [1.29, 1.82) is 0 Å². The van der Waals surface area contributed by atoms with Crippen LogP contribution in [0.2, 0.25) is 0 Å². The Morgan fingerprint density at radius 3 is 2.73 bits per heavy atom. The maximum absolute atomic E-state index is 13.0. The minimum Gasteiger partial charge on any atom is -0.360 e. The van der Waals surface area contributed by atoms with Gasteiger partial charge >= 0.3 is 0 Å². The summed E-state index contributed by atoms with van der Waals surface area (Å²) in [6.45, 7) is 7.75. The number of carbonyl (C=O) groups excluding carboxylic acids is 1. The minimum absolute atomic E-state index is 0.0395. The highest BCUT2D eigenvalue weighted by atomic mass is 16.5. The molecule has 0 saturated carbocycles. The molecule has 1 atom stereocenters. The van der Waals surface area contributed by atoms with E-state index < -0.39 is 0 Å². The van der Waals surface area contributed by atoms with Crippen molar-refractivity contribution in [1.82, 2.24) is 25.1 Å². The van der Waals surface area contributed by atoms with Gasteiger partial charge in [0.15, 0.2) is 5.82 Å². The van der Waals surface area contributed by atoms with Crippen LogP contribution in [0.25, 0.3) is 0 Å². The highest BCUT2D eigenvalue weighted by Crippen LogP contribution is 2.22. The molecule has 3 heterocycles. The molecule has 1 fully saturated rings. The Morgan fingerprint density at radius 1 is 1.23 bits per heavy atom. The highest BCUT2D eigenvalue weighted by molar-refractivity contribution is 5.96. The largest absolute Gasteiger partial charge is 0.360 e. The van der Waals surface area contributed by atoms with E-state index in [4.69, 9.17) is 9.05 Å². The van der Waals surface area contributed by atoms with Gasteiger partial charge in [0, 0.05) is 32.5 Å². The lowest BCUT2D eigenvalue weighted by molar-refractivity contribution is 0.0754.